The van der Waals surface area contributed by atoms with Gasteiger partial charge in [-0.15, -0.1) is 0 Å². The minimum absolute atomic E-state index is 0.000348. The number of H-pyrrole nitrogens is 1. The van der Waals surface area contributed by atoms with Crippen molar-refractivity contribution in [3.63, 3.8) is 0 Å². The van der Waals surface area contributed by atoms with Gasteiger partial charge in [-0.1, -0.05) is 38.1 Å². The van der Waals surface area contributed by atoms with E-state index >= 15 is 4.39 Å². The Hall–Kier alpha value is -4.62. The highest BCUT2D eigenvalue weighted by molar-refractivity contribution is 7.91. The second-order valence-electron chi connectivity index (χ2n) is 12.8. The molecule has 14 heteroatoms. The Labute approximate surface area is 281 Å². The van der Waals surface area contributed by atoms with Crippen LogP contribution >= 0.6 is 11.6 Å². The number of nitrogens with one attached hydrogen (secondary N) is 1. The summed E-state index contributed by atoms with van der Waals surface area (Å²) in [6.07, 6.45) is 4.35. The number of pyridine rings is 1. The number of rotatable bonds is 4. The molecular formula is C34H33ClFN7O4S. The summed E-state index contributed by atoms with van der Waals surface area (Å²) in [5, 5.41) is 7.32. The van der Waals surface area contributed by atoms with Gasteiger partial charge < -0.3 is 9.80 Å². The molecule has 3 aromatic heterocycles. The third-order valence-electron chi connectivity index (χ3n) is 9.45. The number of halogens is 2. The maximum absolute atomic E-state index is 17.5. The molecule has 2 aliphatic rings. The summed E-state index contributed by atoms with van der Waals surface area (Å²) in [5.74, 6) is -2.08. The zero-order valence-corrected chi connectivity index (χ0v) is 28.6. The molecule has 248 valence electrons. The highest BCUT2D eigenvalue weighted by Gasteiger charge is 2.44. The van der Waals surface area contributed by atoms with E-state index in [9.17, 15) is 18.0 Å². The van der Waals surface area contributed by atoms with Crippen molar-refractivity contribution in [1.82, 2.24) is 29.6 Å². The molecule has 1 N–H and O–H groups in total. The van der Waals surface area contributed by atoms with Gasteiger partial charge in [0.15, 0.2) is 15.7 Å². The summed E-state index contributed by atoms with van der Waals surface area (Å²) in [5.41, 5.74) is 2.31. The lowest BCUT2D eigenvalue weighted by atomic mass is 9.94. The summed E-state index contributed by atoms with van der Waals surface area (Å²) in [4.78, 5) is 39.0. The fourth-order valence-corrected chi connectivity index (χ4v) is 9.42. The molecule has 1 saturated heterocycles. The van der Waals surface area contributed by atoms with Crippen LogP contribution in [0.4, 0.5) is 10.2 Å². The molecule has 2 unspecified atom stereocenters. The highest BCUT2D eigenvalue weighted by Crippen LogP contribution is 2.48. The molecule has 0 aliphatic carbocycles. The number of aryl methyl sites for hydroxylation is 2. The van der Waals surface area contributed by atoms with Gasteiger partial charge in [0, 0.05) is 41.8 Å². The van der Waals surface area contributed by atoms with Crippen molar-refractivity contribution in [3.8, 4) is 16.8 Å². The number of benzene rings is 2. The van der Waals surface area contributed by atoms with Crippen LogP contribution in [0, 0.1) is 19.7 Å². The van der Waals surface area contributed by atoms with E-state index in [0.717, 1.165) is 0 Å². The normalized spacial score (nSPS) is 18.8. The molecule has 0 radical (unpaired) electrons. The average Bonchev–Trinajstić information content (AvgIpc) is 3.48. The molecule has 0 bridgehead atoms. The monoisotopic (exact) mass is 689 g/mol. The van der Waals surface area contributed by atoms with Gasteiger partial charge in [0.2, 0.25) is 5.91 Å². The van der Waals surface area contributed by atoms with E-state index < -0.39 is 44.1 Å². The van der Waals surface area contributed by atoms with E-state index in [1.54, 1.807) is 36.2 Å². The molecule has 48 heavy (non-hydrogen) atoms. The lowest BCUT2D eigenvalue weighted by molar-refractivity contribution is -0.128. The van der Waals surface area contributed by atoms with Gasteiger partial charge in [0.05, 0.1) is 50.8 Å². The molecule has 11 nitrogen and oxygen atoms in total. The first-order valence-corrected chi connectivity index (χ1v) is 17.6. The van der Waals surface area contributed by atoms with E-state index in [2.05, 4.69) is 26.7 Å². The zero-order chi connectivity index (χ0) is 34.4. The van der Waals surface area contributed by atoms with E-state index in [4.69, 9.17) is 11.6 Å². The SMILES string of the molecule is C=CC(=O)N1CC2CS(=O)(=O)c3c(F)c(-c4c(C)ccc5[nH]ncc45)c(Cl)c4c3c(nc(=O)n4-c3c(C)ccnc3C(C)C)N2CC1C. The topological polar surface area (TPSA) is 134 Å². The van der Waals surface area contributed by atoms with Gasteiger partial charge in [-0.05, 0) is 56.0 Å². The molecule has 0 saturated carbocycles. The summed E-state index contributed by atoms with van der Waals surface area (Å²) >= 11 is 7.33. The Morgan fingerprint density at radius 1 is 1.17 bits per heavy atom. The Morgan fingerprint density at radius 2 is 1.92 bits per heavy atom. The minimum Gasteiger partial charge on any atom is -0.348 e. The second kappa shape index (κ2) is 11.2. The predicted molar refractivity (Wildman–Crippen MR) is 183 cm³/mol. The number of carbonyl (C=O) groups is 1. The maximum Gasteiger partial charge on any atom is 0.354 e. The van der Waals surface area contributed by atoms with Crippen LogP contribution in [0.2, 0.25) is 5.02 Å². The van der Waals surface area contributed by atoms with Gasteiger partial charge in [0.1, 0.15) is 10.7 Å². The van der Waals surface area contributed by atoms with Crippen LogP contribution in [0.1, 0.15) is 43.5 Å². The fraction of sp³-hybridized carbons (Fsp3) is 0.324. The van der Waals surface area contributed by atoms with Crippen LogP contribution in [0.3, 0.4) is 0 Å². The van der Waals surface area contributed by atoms with E-state index in [1.165, 1.54) is 21.7 Å². The number of aromatic amines is 1. The molecular weight excluding hydrogens is 657 g/mol. The van der Waals surface area contributed by atoms with E-state index in [-0.39, 0.29) is 52.2 Å². The van der Waals surface area contributed by atoms with Gasteiger partial charge in [-0.2, -0.15) is 10.1 Å². The molecule has 0 spiro atoms. The number of fused-ring (bicyclic) bond motifs is 3. The van der Waals surface area contributed by atoms with Crippen LogP contribution < -0.4 is 10.6 Å². The number of anilines is 1. The third-order valence-corrected chi connectivity index (χ3v) is 11.6. The predicted octanol–water partition coefficient (Wildman–Crippen LogP) is 5.24. The van der Waals surface area contributed by atoms with Crippen molar-refractivity contribution >= 4 is 55.0 Å². The number of hydrogen-bond donors (Lipinski definition) is 1. The lowest BCUT2D eigenvalue weighted by Crippen LogP contribution is -2.60. The molecule has 5 aromatic rings. The Bertz CT molecular complexity index is 2390. The molecule has 1 fully saturated rings. The van der Waals surface area contributed by atoms with Crippen LogP contribution in [-0.4, -0.2) is 74.9 Å². The summed E-state index contributed by atoms with van der Waals surface area (Å²) in [6.45, 7) is 13.0. The van der Waals surface area contributed by atoms with E-state index in [0.29, 0.717) is 39.0 Å². The summed E-state index contributed by atoms with van der Waals surface area (Å²) < 4.78 is 47.9. The number of aromatic nitrogens is 5. The van der Waals surface area contributed by atoms with Crippen molar-refractivity contribution in [3.05, 3.63) is 81.4 Å². The van der Waals surface area contributed by atoms with Crippen molar-refractivity contribution < 1.29 is 17.6 Å². The quantitative estimate of drug-likeness (QED) is 0.254. The van der Waals surface area contributed by atoms with Crippen LogP contribution in [0.5, 0.6) is 0 Å². The Kier molecular flexibility index (Phi) is 7.48. The maximum atomic E-state index is 17.5. The average molecular weight is 690 g/mol. The van der Waals surface area contributed by atoms with Crippen LogP contribution in [0.25, 0.3) is 38.6 Å². The lowest BCUT2D eigenvalue weighted by Gasteiger charge is -2.44. The second-order valence-corrected chi connectivity index (χ2v) is 15.2. The summed E-state index contributed by atoms with van der Waals surface area (Å²) in [7, 11) is -4.44. The Morgan fingerprint density at radius 3 is 2.62 bits per heavy atom. The first-order valence-electron chi connectivity index (χ1n) is 15.6. The molecule has 2 aromatic carbocycles. The standard InChI is InChI=1S/C34H33ClFN7O4S/c1-7-23(44)41-14-20-15-48(46,47)32-26-31(27(35)25(28(32)36)24-17(4)8-9-22-21(24)12-38-40-22)43(30-18(5)10-11-37-29(30)16(2)3)34(45)39-33(26)42(20)13-19(41)6/h7-12,16,19-20H,1,13-15H2,2-6H3,(H,38,40). The van der Waals surface area contributed by atoms with Crippen molar-refractivity contribution in [2.24, 2.45) is 0 Å². The molecule has 1 amide bonds. The number of nitrogens with zero attached hydrogens (tertiary/aromatic N) is 6. The Balaban J connectivity index is 1.70. The first kappa shape index (κ1) is 32.0. The van der Waals surface area contributed by atoms with Gasteiger partial charge in [0.25, 0.3) is 0 Å². The zero-order valence-electron chi connectivity index (χ0n) is 27.0. The molecule has 5 heterocycles. The third kappa shape index (κ3) is 4.58. The minimum atomic E-state index is -4.44. The smallest absolute Gasteiger partial charge is 0.348 e. The number of hydrogen-bond acceptors (Lipinski definition) is 8. The number of carbonyl (C=O) groups excluding carboxylic acids is 1. The number of sulfone groups is 1. The fourth-order valence-electron chi connectivity index (χ4n) is 7.24. The molecule has 7 rings (SSSR count). The van der Waals surface area contributed by atoms with Gasteiger partial charge >= 0.3 is 5.69 Å². The van der Waals surface area contributed by atoms with Crippen molar-refractivity contribution in [2.45, 2.75) is 57.5 Å². The van der Waals surface area contributed by atoms with E-state index in [1.807, 2.05) is 27.7 Å². The van der Waals surface area contributed by atoms with Gasteiger partial charge in [-0.25, -0.2) is 17.6 Å². The molecule has 2 aliphatic heterocycles. The van der Waals surface area contributed by atoms with Crippen LogP contribution in [-0.2, 0) is 14.6 Å². The first-order chi connectivity index (χ1) is 22.8. The van der Waals surface area contributed by atoms with Crippen LogP contribution in [0.15, 0.2) is 52.9 Å². The largest absolute Gasteiger partial charge is 0.354 e. The summed E-state index contributed by atoms with van der Waals surface area (Å²) in [6, 6.07) is 4.07. The number of amides is 1. The number of piperazine rings is 1. The molecule has 2 atom stereocenters. The van der Waals surface area contributed by atoms with Gasteiger partial charge in [-0.3, -0.25) is 19.4 Å². The van der Waals surface area contributed by atoms with Crippen molar-refractivity contribution in [2.75, 3.05) is 23.7 Å². The highest BCUT2D eigenvalue weighted by atomic mass is 35.5. The van der Waals surface area contributed by atoms with Crippen molar-refractivity contribution in [1.29, 1.82) is 0 Å².